The van der Waals surface area contributed by atoms with Gasteiger partial charge in [0.05, 0.1) is 6.10 Å². The fourth-order valence-corrected chi connectivity index (χ4v) is 1.56. The SMILES string of the molecule is CO[C@H]1OC(CS)[C@@H](O)C(O)C1O. The molecule has 0 bridgehead atoms. The molecule has 1 saturated heterocycles. The molecule has 1 heterocycles. The van der Waals surface area contributed by atoms with Crippen LogP contribution in [0.1, 0.15) is 0 Å². The van der Waals surface area contributed by atoms with E-state index in [-0.39, 0.29) is 5.75 Å². The molecule has 6 heteroatoms. The summed E-state index contributed by atoms with van der Waals surface area (Å²) in [7, 11) is 1.36. The topological polar surface area (TPSA) is 79.2 Å². The Kier molecular flexibility index (Phi) is 3.96. The van der Waals surface area contributed by atoms with Gasteiger partial charge in [0.1, 0.15) is 18.3 Å². The number of aliphatic hydroxyl groups excluding tert-OH is 3. The summed E-state index contributed by atoms with van der Waals surface area (Å²) >= 11 is 3.94. The number of methoxy groups -OCH3 is 1. The van der Waals surface area contributed by atoms with Crippen LogP contribution in [0.25, 0.3) is 0 Å². The molecule has 0 aromatic carbocycles. The Balaban J connectivity index is 2.66. The van der Waals surface area contributed by atoms with Gasteiger partial charge in [-0.05, 0) is 0 Å². The first kappa shape index (κ1) is 11.2. The first-order valence-corrected chi connectivity index (χ1v) is 4.58. The van der Waals surface area contributed by atoms with Crippen molar-refractivity contribution in [2.45, 2.75) is 30.7 Å². The van der Waals surface area contributed by atoms with Gasteiger partial charge in [-0.15, -0.1) is 0 Å². The van der Waals surface area contributed by atoms with Gasteiger partial charge in [0.25, 0.3) is 0 Å². The average molecular weight is 210 g/mol. The third-order valence-corrected chi connectivity index (χ3v) is 2.44. The van der Waals surface area contributed by atoms with Crippen molar-refractivity contribution < 1.29 is 24.8 Å². The van der Waals surface area contributed by atoms with Crippen LogP contribution in [0.15, 0.2) is 0 Å². The Morgan fingerprint density at radius 3 is 2.31 bits per heavy atom. The van der Waals surface area contributed by atoms with E-state index in [0.29, 0.717) is 0 Å². The van der Waals surface area contributed by atoms with Crippen molar-refractivity contribution in [2.75, 3.05) is 12.9 Å². The molecular weight excluding hydrogens is 196 g/mol. The molecule has 1 fully saturated rings. The van der Waals surface area contributed by atoms with Gasteiger partial charge in [0.15, 0.2) is 6.29 Å². The Morgan fingerprint density at radius 2 is 1.85 bits per heavy atom. The Morgan fingerprint density at radius 1 is 1.23 bits per heavy atom. The van der Waals surface area contributed by atoms with Gasteiger partial charge in [0, 0.05) is 12.9 Å². The second-order valence-electron chi connectivity index (χ2n) is 2.93. The Hall–Kier alpha value is 0.150. The summed E-state index contributed by atoms with van der Waals surface area (Å²) in [6, 6.07) is 0. The number of ether oxygens (including phenoxy) is 2. The largest absolute Gasteiger partial charge is 0.388 e. The number of rotatable bonds is 2. The average Bonchev–Trinajstić information content (AvgIpc) is 2.15. The molecule has 0 spiro atoms. The van der Waals surface area contributed by atoms with E-state index in [9.17, 15) is 15.3 Å². The van der Waals surface area contributed by atoms with Gasteiger partial charge in [-0.1, -0.05) is 0 Å². The van der Waals surface area contributed by atoms with Gasteiger partial charge >= 0.3 is 0 Å². The molecular formula is C7H14O5S. The second-order valence-corrected chi connectivity index (χ2v) is 3.30. The summed E-state index contributed by atoms with van der Waals surface area (Å²) in [6.07, 6.45) is -5.13. The van der Waals surface area contributed by atoms with E-state index in [2.05, 4.69) is 12.6 Å². The molecule has 78 valence electrons. The van der Waals surface area contributed by atoms with Crippen molar-refractivity contribution in [3.63, 3.8) is 0 Å². The van der Waals surface area contributed by atoms with Crippen LogP contribution in [0.3, 0.4) is 0 Å². The summed E-state index contributed by atoms with van der Waals surface area (Å²) in [5.41, 5.74) is 0. The van der Waals surface area contributed by atoms with Crippen molar-refractivity contribution in [1.29, 1.82) is 0 Å². The zero-order valence-electron chi connectivity index (χ0n) is 7.20. The van der Waals surface area contributed by atoms with Crippen molar-refractivity contribution >= 4 is 12.6 Å². The van der Waals surface area contributed by atoms with Gasteiger partial charge in [-0.3, -0.25) is 0 Å². The minimum absolute atomic E-state index is 0.255. The number of hydrogen-bond donors (Lipinski definition) is 4. The number of aliphatic hydroxyl groups is 3. The third-order valence-electron chi connectivity index (χ3n) is 2.08. The van der Waals surface area contributed by atoms with Crippen LogP contribution in [0.4, 0.5) is 0 Å². The lowest BCUT2D eigenvalue weighted by Crippen LogP contribution is -2.58. The molecule has 0 aromatic rings. The highest BCUT2D eigenvalue weighted by Gasteiger charge is 2.43. The van der Waals surface area contributed by atoms with E-state index in [1.807, 2.05) is 0 Å². The predicted molar refractivity (Wildman–Crippen MR) is 47.5 cm³/mol. The lowest BCUT2D eigenvalue weighted by molar-refractivity contribution is -0.284. The molecule has 3 N–H and O–H groups in total. The molecule has 1 rings (SSSR count). The third kappa shape index (κ3) is 2.15. The zero-order chi connectivity index (χ0) is 10.0. The zero-order valence-corrected chi connectivity index (χ0v) is 8.09. The van der Waals surface area contributed by atoms with Crippen LogP contribution in [0, 0.1) is 0 Å². The number of hydrogen-bond acceptors (Lipinski definition) is 6. The maximum atomic E-state index is 9.38. The predicted octanol–water partition coefficient (Wildman–Crippen LogP) is -1.63. The fraction of sp³-hybridized carbons (Fsp3) is 1.00. The molecule has 0 radical (unpaired) electrons. The normalized spacial score (nSPS) is 46.4. The van der Waals surface area contributed by atoms with E-state index in [4.69, 9.17) is 9.47 Å². The highest BCUT2D eigenvalue weighted by Crippen LogP contribution is 2.21. The molecule has 1 aliphatic rings. The summed E-state index contributed by atoms with van der Waals surface area (Å²) in [6.45, 7) is 0. The van der Waals surface area contributed by atoms with Crippen LogP contribution in [0.5, 0.6) is 0 Å². The Labute approximate surface area is 81.7 Å². The minimum atomic E-state index is -1.25. The molecule has 0 aliphatic carbocycles. The molecule has 0 saturated carbocycles. The molecule has 13 heavy (non-hydrogen) atoms. The van der Waals surface area contributed by atoms with E-state index in [1.165, 1.54) is 7.11 Å². The number of thiol groups is 1. The monoisotopic (exact) mass is 210 g/mol. The van der Waals surface area contributed by atoms with Crippen molar-refractivity contribution in [3.8, 4) is 0 Å². The summed E-state index contributed by atoms with van der Waals surface area (Å²) < 4.78 is 9.90. The Bertz CT molecular complexity index is 147. The summed E-state index contributed by atoms with van der Waals surface area (Å²) in [5, 5.41) is 28.1. The standard InChI is InChI=1S/C7H14O5S/c1-11-7-6(10)5(9)4(8)3(2-13)12-7/h3-10,13H,2H2,1H3/t3?,4-,5?,6?,7+/m1/s1. The maximum absolute atomic E-state index is 9.38. The quantitative estimate of drug-likeness (QED) is 0.412. The molecule has 5 atom stereocenters. The van der Waals surface area contributed by atoms with Crippen LogP contribution in [-0.4, -0.2) is 58.9 Å². The highest BCUT2D eigenvalue weighted by atomic mass is 32.1. The molecule has 0 aromatic heterocycles. The summed E-state index contributed by atoms with van der Waals surface area (Å²) in [5.74, 6) is 0.255. The van der Waals surface area contributed by atoms with Crippen LogP contribution in [-0.2, 0) is 9.47 Å². The molecule has 0 amide bonds. The second kappa shape index (κ2) is 4.59. The lowest BCUT2D eigenvalue weighted by Gasteiger charge is -2.39. The smallest absolute Gasteiger partial charge is 0.186 e. The minimum Gasteiger partial charge on any atom is -0.388 e. The van der Waals surface area contributed by atoms with Gasteiger partial charge < -0.3 is 24.8 Å². The van der Waals surface area contributed by atoms with Gasteiger partial charge in [-0.25, -0.2) is 0 Å². The molecule has 3 unspecified atom stereocenters. The molecule has 1 aliphatic heterocycles. The van der Waals surface area contributed by atoms with Crippen molar-refractivity contribution in [3.05, 3.63) is 0 Å². The molecule has 5 nitrogen and oxygen atoms in total. The lowest BCUT2D eigenvalue weighted by atomic mass is 10.00. The van der Waals surface area contributed by atoms with E-state index < -0.39 is 30.7 Å². The fourth-order valence-electron chi connectivity index (χ4n) is 1.26. The van der Waals surface area contributed by atoms with E-state index >= 15 is 0 Å². The van der Waals surface area contributed by atoms with Crippen LogP contribution >= 0.6 is 12.6 Å². The van der Waals surface area contributed by atoms with Crippen molar-refractivity contribution in [1.82, 2.24) is 0 Å². The van der Waals surface area contributed by atoms with E-state index in [0.717, 1.165) is 0 Å². The highest BCUT2D eigenvalue weighted by molar-refractivity contribution is 7.80. The van der Waals surface area contributed by atoms with Crippen molar-refractivity contribution in [2.24, 2.45) is 0 Å². The van der Waals surface area contributed by atoms with Gasteiger partial charge in [0.2, 0.25) is 0 Å². The maximum Gasteiger partial charge on any atom is 0.186 e. The summed E-state index contributed by atoms with van der Waals surface area (Å²) in [4.78, 5) is 0. The van der Waals surface area contributed by atoms with Gasteiger partial charge in [-0.2, -0.15) is 12.6 Å². The van der Waals surface area contributed by atoms with Crippen LogP contribution < -0.4 is 0 Å². The first-order chi connectivity index (χ1) is 6.11. The first-order valence-electron chi connectivity index (χ1n) is 3.95. The van der Waals surface area contributed by atoms with Crippen LogP contribution in [0.2, 0.25) is 0 Å². The van der Waals surface area contributed by atoms with E-state index in [1.54, 1.807) is 0 Å².